The van der Waals surface area contributed by atoms with Crippen LogP contribution in [0.2, 0.25) is 0 Å². The van der Waals surface area contributed by atoms with Gasteiger partial charge in [-0.05, 0) is 36.7 Å². The molecule has 1 heterocycles. The molecule has 0 bridgehead atoms. The molecule has 0 spiro atoms. The summed E-state index contributed by atoms with van der Waals surface area (Å²) in [6, 6.07) is 8.81. The van der Waals surface area contributed by atoms with Gasteiger partial charge in [-0.1, -0.05) is 45.0 Å². The molecular weight excluding hydrogens is 232 g/mol. The van der Waals surface area contributed by atoms with E-state index in [0.29, 0.717) is 0 Å². The molecule has 0 saturated carbocycles. The van der Waals surface area contributed by atoms with Crippen molar-refractivity contribution < 1.29 is 0 Å². The zero-order valence-electron chi connectivity index (χ0n) is 12.1. The van der Waals surface area contributed by atoms with Crippen molar-refractivity contribution in [3.63, 3.8) is 0 Å². The molecule has 0 amide bonds. The molecule has 3 rings (SSSR count). The minimum absolute atomic E-state index is 0.209. The average Bonchev–Trinajstić information content (AvgIpc) is 2.81. The first-order chi connectivity index (χ1) is 9.04. The summed E-state index contributed by atoms with van der Waals surface area (Å²) in [5, 5.41) is 0. The van der Waals surface area contributed by atoms with E-state index in [0.717, 1.165) is 18.7 Å². The van der Waals surface area contributed by atoms with Crippen LogP contribution >= 0.6 is 0 Å². The molecule has 1 aromatic heterocycles. The van der Waals surface area contributed by atoms with Gasteiger partial charge in [0.2, 0.25) is 0 Å². The molecule has 2 heteroatoms. The number of H-pyrrole nitrogens is 1. The molecular formula is C17H22N2. The number of aromatic amines is 1. The molecule has 2 aromatic rings. The van der Waals surface area contributed by atoms with Crippen LogP contribution in [0.3, 0.4) is 0 Å². The lowest BCUT2D eigenvalue weighted by atomic mass is 9.87. The fraction of sp³-hybridized carbons (Fsp3) is 0.471. The number of nitrogens with zero attached hydrogens (tertiary/aromatic N) is 1. The second kappa shape index (κ2) is 4.52. The van der Waals surface area contributed by atoms with E-state index in [1.54, 1.807) is 0 Å². The van der Waals surface area contributed by atoms with Gasteiger partial charge in [-0.15, -0.1) is 0 Å². The third-order valence-electron chi connectivity index (χ3n) is 3.98. The number of hydrogen-bond acceptors (Lipinski definition) is 1. The lowest BCUT2D eigenvalue weighted by molar-refractivity contribution is 0.590. The molecule has 0 fully saturated rings. The van der Waals surface area contributed by atoms with Crippen LogP contribution in [-0.4, -0.2) is 9.97 Å². The van der Waals surface area contributed by atoms with Gasteiger partial charge in [0.25, 0.3) is 0 Å². The monoisotopic (exact) mass is 254 g/mol. The summed E-state index contributed by atoms with van der Waals surface area (Å²) in [4.78, 5) is 8.25. The van der Waals surface area contributed by atoms with Crippen LogP contribution in [0, 0.1) is 0 Å². The first-order valence-corrected chi connectivity index (χ1v) is 7.23. The van der Waals surface area contributed by atoms with Crippen LogP contribution < -0.4 is 0 Å². The molecule has 0 unspecified atom stereocenters. The summed E-state index contributed by atoms with van der Waals surface area (Å²) in [7, 11) is 0. The first kappa shape index (κ1) is 12.5. The van der Waals surface area contributed by atoms with Gasteiger partial charge in [0.1, 0.15) is 5.82 Å². The van der Waals surface area contributed by atoms with Crippen molar-refractivity contribution in [3.8, 4) is 11.4 Å². The third-order valence-corrected chi connectivity index (χ3v) is 3.98. The molecule has 19 heavy (non-hydrogen) atoms. The van der Waals surface area contributed by atoms with Gasteiger partial charge in [-0.25, -0.2) is 4.98 Å². The van der Waals surface area contributed by atoms with Gasteiger partial charge in [-0.2, -0.15) is 0 Å². The minimum Gasteiger partial charge on any atom is -0.342 e. The predicted molar refractivity (Wildman–Crippen MR) is 79.4 cm³/mol. The minimum atomic E-state index is 0.209. The number of benzene rings is 1. The standard InChI is InChI=1S/C17H22N2/c1-17(2,3)13-10-8-12(9-11-13)16-18-14-6-4-5-7-15(14)19-16/h8-11H,4-7H2,1-3H3,(H,18,19). The number of aryl methyl sites for hydroxylation is 2. The van der Waals surface area contributed by atoms with Crippen LogP contribution in [0.25, 0.3) is 11.4 Å². The second-order valence-electron chi connectivity index (χ2n) is 6.55. The molecule has 1 aliphatic carbocycles. The Hall–Kier alpha value is -1.57. The van der Waals surface area contributed by atoms with Gasteiger partial charge in [-0.3, -0.25) is 0 Å². The van der Waals surface area contributed by atoms with Gasteiger partial charge < -0.3 is 4.98 Å². The van der Waals surface area contributed by atoms with E-state index >= 15 is 0 Å². The molecule has 1 aliphatic rings. The summed E-state index contributed by atoms with van der Waals surface area (Å²) in [6.45, 7) is 6.73. The lowest BCUT2D eigenvalue weighted by Crippen LogP contribution is -2.10. The van der Waals surface area contributed by atoms with Crippen molar-refractivity contribution in [1.82, 2.24) is 9.97 Å². The highest BCUT2D eigenvalue weighted by Crippen LogP contribution is 2.27. The fourth-order valence-electron chi connectivity index (χ4n) is 2.72. The van der Waals surface area contributed by atoms with Crippen molar-refractivity contribution in [2.24, 2.45) is 0 Å². The molecule has 2 nitrogen and oxygen atoms in total. The largest absolute Gasteiger partial charge is 0.342 e. The molecule has 0 saturated heterocycles. The quantitative estimate of drug-likeness (QED) is 0.809. The molecule has 0 radical (unpaired) electrons. The number of imidazole rings is 1. The van der Waals surface area contributed by atoms with E-state index in [2.05, 4.69) is 50.0 Å². The molecule has 0 atom stereocenters. The zero-order valence-corrected chi connectivity index (χ0v) is 12.1. The molecule has 100 valence electrons. The maximum absolute atomic E-state index is 4.76. The Morgan fingerprint density at radius 2 is 1.68 bits per heavy atom. The fourth-order valence-corrected chi connectivity index (χ4v) is 2.72. The predicted octanol–water partition coefficient (Wildman–Crippen LogP) is 4.25. The normalized spacial score (nSPS) is 15.3. The topological polar surface area (TPSA) is 28.7 Å². The van der Waals surface area contributed by atoms with Gasteiger partial charge >= 0.3 is 0 Å². The van der Waals surface area contributed by atoms with Crippen LogP contribution in [0.15, 0.2) is 24.3 Å². The Morgan fingerprint density at radius 1 is 1.00 bits per heavy atom. The second-order valence-corrected chi connectivity index (χ2v) is 6.55. The van der Waals surface area contributed by atoms with E-state index in [1.165, 1.54) is 35.4 Å². The van der Waals surface area contributed by atoms with Crippen molar-refractivity contribution in [2.45, 2.75) is 51.9 Å². The van der Waals surface area contributed by atoms with Crippen LogP contribution in [0.5, 0.6) is 0 Å². The summed E-state index contributed by atoms with van der Waals surface area (Å²) in [5.41, 5.74) is 5.40. The third kappa shape index (κ3) is 2.44. The highest BCUT2D eigenvalue weighted by Gasteiger charge is 2.16. The zero-order chi connectivity index (χ0) is 13.5. The van der Waals surface area contributed by atoms with Crippen LogP contribution in [-0.2, 0) is 18.3 Å². The van der Waals surface area contributed by atoms with E-state index in [4.69, 9.17) is 4.98 Å². The first-order valence-electron chi connectivity index (χ1n) is 7.23. The van der Waals surface area contributed by atoms with E-state index in [-0.39, 0.29) is 5.41 Å². The summed E-state index contributed by atoms with van der Waals surface area (Å²) >= 11 is 0. The van der Waals surface area contributed by atoms with Crippen molar-refractivity contribution >= 4 is 0 Å². The smallest absolute Gasteiger partial charge is 0.137 e. The van der Waals surface area contributed by atoms with E-state index < -0.39 is 0 Å². The average molecular weight is 254 g/mol. The SMILES string of the molecule is CC(C)(C)c1ccc(-c2nc3c([nH]2)CCCC3)cc1. The number of nitrogens with one attached hydrogen (secondary N) is 1. The summed E-state index contributed by atoms with van der Waals surface area (Å²) in [6.07, 6.45) is 4.85. The summed E-state index contributed by atoms with van der Waals surface area (Å²) in [5.74, 6) is 1.03. The van der Waals surface area contributed by atoms with Crippen molar-refractivity contribution in [3.05, 3.63) is 41.2 Å². The highest BCUT2D eigenvalue weighted by atomic mass is 14.9. The molecule has 1 aromatic carbocycles. The van der Waals surface area contributed by atoms with Gasteiger partial charge in [0.05, 0.1) is 5.69 Å². The molecule has 0 aliphatic heterocycles. The Kier molecular flexibility index (Phi) is 2.96. The number of hydrogen-bond donors (Lipinski definition) is 1. The Bertz CT molecular complexity index is 547. The highest BCUT2D eigenvalue weighted by molar-refractivity contribution is 5.57. The lowest BCUT2D eigenvalue weighted by Gasteiger charge is -2.18. The van der Waals surface area contributed by atoms with Gasteiger partial charge in [0.15, 0.2) is 0 Å². The molecule has 1 N–H and O–H groups in total. The van der Waals surface area contributed by atoms with Crippen molar-refractivity contribution in [2.75, 3.05) is 0 Å². The number of aromatic nitrogens is 2. The Labute approximate surface area is 115 Å². The van der Waals surface area contributed by atoms with E-state index in [1.807, 2.05) is 0 Å². The Balaban J connectivity index is 1.92. The maximum atomic E-state index is 4.76. The summed E-state index contributed by atoms with van der Waals surface area (Å²) < 4.78 is 0. The Morgan fingerprint density at radius 3 is 2.32 bits per heavy atom. The van der Waals surface area contributed by atoms with E-state index in [9.17, 15) is 0 Å². The van der Waals surface area contributed by atoms with Gasteiger partial charge in [0, 0.05) is 11.3 Å². The van der Waals surface area contributed by atoms with Crippen LogP contribution in [0.1, 0.15) is 50.6 Å². The number of rotatable bonds is 1. The number of fused-ring (bicyclic) bond motifs is 1. The van der Waals surface area contributed by atoms with Crippen LogP contribution in [0.4, 0.5) is 0 Å². The van der Waals surface area contributed by atoms with Crippen molar-refractivity contribution in [1.29, 1.82) is 0 Å². The maximum Gasteiger partial charge on any atom is 0.137 e.